The van der Waals surface area contributed by atoms with Crippen LogP contribution in [-0.4, -0.2) is 4.11 Å². The van der Waals surface area contributed by atoms with Crippen LogP contribution in [0.2, 0.25) is 0 Å². The van der Waals surface area contributed by atoms with Crippen LogP contribution >= 0.6 is 0 Å². The fraction of sp³-hybridized carbons (Fsp3) is 0.464. The third kappa shape index (κ3) is 7.41. The van der Waals surface area contributed by atoms with Gasteiger partial charge in [-0.15, -0.1) is 17.4 Å². The Balaban J connectivity index is 0.000000172. The molecule has 0 heterocycles. The molecule has 9 unspecified atom stereocenters. The van der Waals surface area contributed by atoms with Gasteiger partial charge < -0.3 is 6.42 Å². The van der Waals surface area contributed by atoms with Gasteiger partial charge in [0.05, 0.1) is 0 Å². The third-order valence-corrected chi connectivity index (χ3v) is 19.2. The number of hydrogen-bond acceptors (Lipinski definition) is 0. The van der Waals surface area contributed by atoms with Crippen molar-refractivity contribution < 1.29 is 44.2 Å². The van der Waals surface area contributed by atoms with Gasteiger partial charge in [-0.2, -0.15) is 11.6 Å². The molecule has 63 heavy (non-hydrogen) atoms. The molecular formula is C56H64F6Zn-2. The molecule has 0 N–H and O–H groups in total. The van der Waals surface area contributed by atoms with Crippen molar-refractivity contribution in [2.75, 3.05) is 0 Å². The number of rotatable bonds is 4. The normalized spacial score (nSPS) is 35.9. The molecule has 0 bridgehead atoms. The maximum absolute atomic E-state index is 12.5. The van der Waals surface area contributed by atoms with E-state index >= 15 is 0 Å². The van der Waals surface area contributed by atoms with Gasteiger partial charge in [-0.25, -0.2) is 6.08 Å². The van der Waals surface area contributed by atoms with Gasteiger partial charge in [0.15, 0.2) is 0 Å². The Morgan fingerprint density at radius 2 is 1.11 bits per heavy atom. The van der Waals surface area contributed by atoms with E-state index in [-0.39, 0.29) is 37.9 Å². The summed E-state index contributed by atoms with van der Waals surface area (Å²) in [4.78, 5) is 0. The predicted octanol–water partition coefficient (Wildman–Crippen LogP) is 16.2. The zero-order chi connectivity index (χ0) is 46.9. The van der Waals surface area contributed by atoms with Crippen LogP contribution < -0.4 is 0 Å². The van der Waals surface area contributed by atoms with Crippen LogP contribution in [0, 0.1) is 67.7 Å². The average Bonchev–Trinajstić information content (AvgIpc) is 3.77. The molecule has 2 aromatic carbocycles. The SMILES string of the molecule is CC1=CC=CC2[CH-]C3(C)C4(C)C=CC=CC4(C)C4(C)C=CC=CC4(C)C3(C)C12C.CCCC1[C-]=CC(C(C)(C)C)=C1.FC(F)(F)c1ccc([C](=[Zn])c2ccc(C(F)(F)F)cc2)cc1. The van der Waals surface area contributed by atoms with Crippen molar-refractivity contribution >= 4 is 4.11 Å². The molecule has 2 fully saturated rings. The van der Waals surface area contributed by atoms with Gasteiger partial charge in [-0.05, 0) is 28.6 Å². The summed E-state index contributed by atoms with van der Waals surface area (Å²) in [5, 5.41) is 0. The van der Waals surface area contributed by atoms with Crippen LogP contribution in [0.25, 0.3) is 0 Å². The van der Waals surface area contributed by atoms with Gasteiger partial charge in [0.2, 0.25) is 0 Å². The summed E-state index contributed by atoms with van der Waals surface area (Å²) in [6.07, 6.45) is 30.9. The Hall–Kier alpha value is -3.57. The van der Waals surface area contributed by atoms with E-state index in [1.165, 1.54) is 48.3 Å². The molecule has 0 saturated heterocycles. The van der Waals surface area contributed by atoms with E-state index in [1.54, 1.807) is 0 Å². The van der Waals surface area contributed by atoms with Crippen LogP contribution in [0.4, 0.5) is 26.3 Å². The average molecular weight is 917 g/mol. The standard InChI is InChI=1S/C29H37.C15H8F6.C12H19.Zn/c1-21-14-13-15-22-20-27(6)25(4)18-10-9-16-23(25,2)24(3)17-11-12-19-26(24,5)29(27,8)28(21,22)7;16-14(17,18)12-5-1-10(2-6-12)9-11-3-7-13(8-4-11)15(19,20)21;1-5-6-10-7-8-11(9-10)12(2,3)4;/h9-20,22H,1-8H3;1-8H;8-10H,5-6H2,1-4H3;/q-1;;-1;. The molecule has 9 atom stereocenters. The minimum atomic E-state index is -4.41. The van der Waals surface area contributed by atoms with Crippen molar-refractivity contribution in [3.05, 3.63) is 173 Å². The Labute approximate surface area is 383 Å². The molecule has 0 aliphatic heterocycles. The van der Waals surface area contributed by atoms with Crippen LogP contribution in [0.15, 0.2) is 139 Å². The van der Waals surface area contributed by atoms with Crippen molar-refractivity contribution in [2.24, 2.45) is 55.2 Å². The van der Waals surface area contributed by atoms with Crippen molar-refractivity contribution in [2.45, 2.75) is 108 Å². The van der Waals surface area contributed by atoms with Crippen molar-refractivity contribution in [1.29, 1.82) is 0 Å². The predicted molar refractivity (Wildman–Crippen MR) is 244 cm³/mol. The molecule has 0 radical (unpaired) electrons. The summed E-state index contributed by atoms with van der Waals surface area (Å²) in [6.45, 7) is 29.3. The van der Waals surface area contributed by atoms with Gasteiger partial charge >= 0.3 is 131 Å². The first kappa shape index (κ1) is 48.9. The second kappa shape index (κ2) is 16.4. The number of fused-ring (bicyclic) bond motifs is 8. The molecule has 2 saturated carbocycles. The van der Waals surface area contributed by atoms with Crippen molar-refractivity contribution in [3.63, 3.8) is 0 Å². The second-order valence-corrected chi connectivity index (χ2v) is 22.4. The topological polar surface area (TPSA) is 0 Å². The molecular weight excluding hydrogens is 852 g/mol. The monoisotopic (exact) mass is 914 g/mol. The molecule has 6 aliphatic carbocycles. The number of benzene rings is 2. The zero-order valence-corrected chi connectivity index (χ0v) is 42.2. The molecule has 334 valence electrons. The first-order valence-corrected chi connectivity index (χ1v) is 23.8. The summed E-state index contributed by atoms with van der Waals surface area (Å²) in [5.41, 5.74) is 3.13. The molecule has 7 heteroatoms. The van der Waals surface area contributed by atoms with Gasteiger partial charge in [0.25, 0.3) is 0 Å². The van der Waals surface area contributed by atoms with E-state index in [1.807, 2.05) is 0 Å². The Morgan fingerprint density at radius 3 is 1.54 bits per heavy atom. The zero-order valence-electron chi connectivity index (χ0n) is 39.2. The summed E-state index contributed by atoms with van der Waals surface area (Å²) in [7, 11) is 0. The number of hydrogen-bond donors (Lipinski definition) is 0. The number of alkyl halides is 6. The number of halogens is 6. The van der Waals surface area contributed by atoms with E-state index in [0.29, 0.717) is 46.2 Å². The van der Waals surface area contributed by atoms with E-state index < -0.39 is 23.5 Å². The fourth-order valence-electron chi connectivity index (χ4n) is 12.6. The van der Waals surface area contributed by atoms with E-state index in [9.17, 15) is 26.3 Å². The van der Waals surface area contributed by atoms with Crippen LogP contribution in [0.1, 0.15) is 118 Å². The quantitative estimate of drug-likeness (QED) is 0.163. The molecule has 6 aliphatic rings. The van der Waals surface area contributed by atoms with Gasteiger partial charge in [-0.3, -0.25) is 6.08 Å². The Kier molecular flexibility index (Phi) is 12.7. The summed E-state index contributed by atoms with van der Waals surface area (Å²) < 4.78 is 75.7. The van der Waals surface area contributed by atoms with E-state index in [2.05, 4.69) is 175 Å². The van der Waals surface area contributed by atoms with Crippen LogP contribution in [0.3, 0.4) is 0 Å². The van der Waals surface area contributed by atoms with Crippen molar-refractivity contribution in [1.82, 2.24) is 0 Å². The molecule has 0 spiro atoms. The van der Waals surface area contributed by atoms with Gasteiger partial charge in [0, 0.05) is 10.8 Å². The van der Waals surface area contributed by atoms with Crippen LogP contribution in [0.5, 0.6) is 0 Å². The third-order valence-electron chi connectivity index (χ3n) is 17.5. The van der Waals surface area contributed by atoms with E-state index in [4.69, 9.17) is 0 Å². The molecule has 0 nitrogen and oxygen atoms in total. The fourth-order valence-corrected chi connectivity index (χ4v) is 13.6. The Bertz CT molecular complexity index is 2260. The maximum atomic E-state index is 12.5. The van der Waals surface area contributed by atoms with Crippen molar-refractivity contribution in [3.8, 4) is 0 Å². The summed E-state index contributed by atoms with van der Waals surface area (Å²) in [5.74, 6) is 1.05. The molecule has 8 rings (SSSR count). The molecule has 0 amide bonds. The van der Waals surface area contributed by atoms with Gasteiger partial charge in [0.1, 0.15) is 0 Å². The minimum absolute atomic E-state index is 0.00615. The molecule has 2 aromatic rings. The van der Waals surface area contributed by atoms with Crippen LogP contribution in [-0.2, 0) is 30.2 Å². The first-order valence-electron chi connectivity index (χ1n) is 22.3. The Morgan fingerprint density at radius 1 is 0.667 bits per heavy atom. The summed E-state index contributed by atoms with van der Waals surface area (Å²) >= 11 is 0.608. The summed E-state index contributed by atoms with van der Waals surface area (Å²) in [6, 6.07) is 9.20. The number of allylic oxidation sites excluding steroid dienone is 16. The second-order valence-electron chi connectivity index (χ2n) is 20.9. The van der Waals surface area contributed by atoms with E-state index in [0.717, 1.165) is 28.4 Å². The first-order chi connectivity index (χ1) is 29.0. The van der Waals surface area contributed by atoms with Gasteiger partial charge in [-0.1, -0.05) is 167 Å². The molecule has 0 aromatic heterocycles.